The zero-order chi connectivity index (χ0) is 18.8. The van der Waals surface area contributed by atoms with Crippen molar-refractivity contribution in [2.45, 2.75) is 57.5 Å². The molecule has 0 bridgehead atoms. The third kappa shape index (κ3) is 3.81. The van der Waals surface area contributed by atoms with Gasteiger partial charge in [-0.05, 0) is 51.3 Å². The number of likely N-dealkylation sites (N-methyl/N-ethyl adjacent to an activating group) is 1. The summed E-state index contributed by atoms with van der Waals surface area (Å²) in [4.78, 5) is 17.6. The lowest BCUT2D eigenvalue weighted by Gasteiger charge is -2.31. The van der Waals surface area contributed by atoms with E-state index in [2.05, 4.69) is 17.0 Å². The Morgan fingerprint density at radius 1 is 1.30 bits per heavy atom. The van der Waals surface area contributed by atoms with Crippen molar-refractivity contribution in [3.8, 4) is 0 Å². The quantitative estimate of drug-likeness (QED) is 0.830. The number of carbonyl (C=O) groups excluding carboxylic acids is 1. The third-order valence-corrected chi connectivity index (χ3v) is 6.13. The molecule has 2 aliphatic rings. The minimum absolute atomic E-state index is 0.128. The lowest BCUT2D eigenvalue weighted by Crippen LogP contribution is -2.37. The number of carbonyl (C=O) groups is 1. The predicted molar refractivity (Wildman–Crippen MR) is 104 cm³/mol. The van der Waals surface area contributed by atoms with Crippen LogP contribution in [0.2, 0.25) is 0 Å². The molecule has 1 amide bonds. The molecule has 0 N–H and O–H groups in total. The first-order valence-corrected chi connectivity index (χ1v) is 10.2. The van der Waals surface area contributed by atoms with E-state index in [0.29, 0.717) is 11.7 Å². The highest BCUT2D eigenvalue weighted by Crippen LogP contribution is 2.28. The molecule has 6 nitrogen and oxygen atoms in total. The van der Waals surface area contributed by atoms with Gasteiger partial charge in [-0.3, -0.25) is 14.4 Å². The number of rotatable bonds is 4. The molecule has 1 atom stereocenters. The van der Waals surface area contributed by atoms with Gasteiger partial charge in [-0.1, -0.05) is 12.8 Å². The predicted octanol–water partition coefficient (Wildman–Crippen LogP) is 3.02. The first-order valence-electron chi connectivity index (χ1n) is 10.2. The summed E-state index contributed by atoms with van der Waals surface area (Å²) in [5.41, 5.74) is 3.08. The van der Waals surface area contributed by atoms with Crippen LogP contribution in [0.15, 0.2) is 22.8 Å². The van der Waals surface area contributed by atoms with Crippen LogP contribution in [0.25, 0.3) is 0 Å². The van der Waals surface area contributed by atoms with Crippen molar-refractivity contribution >= 4 is 5.91 Å². The van der Waals surface area contributed by atoms with Crippen LogP contribution in [0, 0.1) is 0 Å². The molecule has 2 aromatic rings. The highest BCUT2D eigenvalue weighted by molar-refractivity contribution is 5.94. The second kappa shape index (κ2) is 7.89. The maximum absolute atomic E-state index is 13.2. The van der Waals surface area contributed by atoms with Gasteiger partial charge in [0.15, 0.2) is 5.69 Å². The van der Waals surface area contributed by atoms with Crippen LogP contribution in [-0.4, -0.2) is 51.7 Å². The molecule has 2 aromatic heterocycles. The number of nitrogens with zero attached hydrogens (tertiary/aromatic N) is 4. The number of hydrogen-bond acceptors (Lipinski definition) is 4. The van der Waals surface area contributed by atoms with Gasteiger partial charge in [0.05, 0.1) is 12.8 Å². The molecule has 1 fully saturated rings. The van der Waals surface area contributed by atoms with Gasteiger partial charge >= 0.3 is 0 Å². The maximum atomic E-state index is 13.2. The fourth-order valence-corrected chi connectivity index (χ4v) is 4.52. The molecule has 4 rings (SSSR count). The van der Waals surface area contributed by atoms with Gasteiger partial charge in [-0.15, -0.1) is 0 Å². The van der Waals surface area contributed by atoms with Crippen molar-refractivity contribution in [3.63, 3.8) is 0 Å². The molecule has 3 heterocycles. The third-order valence-electron chi connectivity index (χ3n) is 6.13. The lowest BCUT2D eigenvalue weighted by molar-refractivity contribution is 0.0753. The van der Waals surface area contributed by atoms with Crippen molar-refractivity contribution in [3.05, 3.63) is 41.1 Å². The summed E-state index contributed by atoms with van der Waals surface area (Å²) in [6.07, 6.45) is 9.33. The van der Waals surface area contributed by atoms with Crippen LogP contribution in [0.1, 0.15) is 59.6 Å². The van der Waals surface area contributed by atoms with Crippen molar-refractivity contribution in [1.82, 2.24) is 19.6 Å². The summed E-state index contributed by atoms with van der Waals surface area (Å²) in [5, 5.41) is 4.66. The summed E-state index contributed by atoms with van der Waals surface area (Å²) in [7, 11) is 4.12. The highest BCUT2D eigenvalue weighted by atomic mass is 16.3. The Balaban J connectivity index is 1.52. The van der Waals surface area contributed by atoms with E-state index in [4.69, 9.17) is 4.42 Å². The molecule has 0 aromatic carbocycles. The van der Waals surface area contributed by atoms with E-state index in [9.17, 15) is 4.79 Å². The molecule has 27 heavy (non-hydrogen) atoms. The number of hydrogen-bond donors (Lipinski definition) is 0. The summed E-state index contributed by atoms with van der Waals surface area (Å²) < 4.78 is 7.44. The fourth-order valence-electron chi connectivity index (χ4n) is 4.52. The number of fused-ring (bicyclic) bond motifs is 1. The molecule has 0 saturated carbocycles. The van der Waals surface area contributed by atoms with Crippen LogP contribution in [0.5, 0.6) is 0 Å². The van der Waals surface area contributed by atoms with Gasteiger partial charge in [0.25, 0.3) is 5.91 Å². The second-order valence-electron chi connectivity index (χ2n) is 7.99. The Bertz CT molecular complexity index is 772. The van der Waals surface area contributed by atoms with Crippen LogP contribution < -0.4 is 0 Å². The topological polar surface area (TPSA) is 54.5 Å². The van der Waals surface area contributed by atoms with Crippen molar-refractivity contribution < 1.29 is 9.21 Å². The molecular weight excluding hydrogens is 340 g/mol. The number of amides is 1. The van der Waals surface area contributed by atoms with Gasteiger partial charge in [0.2, 0.25) is 0 Å². The number of furan rings is 1. The average Bonchev–Trinajstić information content (AvgIpc) is 3.19. The standard InChI is InChI=1S/C21H30N4O2/c1-23(15-17-8-7-13-27-17)16-9-10-19-18(14-16)20(22-24(19)2)21(26)25-11-5-3-4-6-12-25/h7-8,13,16H,3-6,9-12,14-15H2,1-2H3. The summed E-state index contributed by atoms with van der Waals surface area (Å²) in [6, 6.07) is 4.35. The van der Waals surface area contributed by atoms with Crippen molar-refractivity contribution in [1.29, 1.82) is 0 Å². The van der Waals surface area contributed by atoms with E-state index in [-0.39, 0.29) is 5.91 Å². The molecule has 1 saturated heterocycles. The summed E-state index contributed by atoms with van der Waals surface area (Å²) >= 11 is 0. The van der Waals surface area contributed by atoms with Gasteiger partial charge in [-0.25, -0.2) is 0 Å². The van der Waals surface area contributed by atoms with Gasteiger partial charge in [0, 0.05) is 37.4 Å². The summed E-state index contributed by atoms with van der Waals surface area (Å²) in [5.74, 6) is 1.11. The van der Waals surface area contributed by atoms with Gasteiger partial charge in [-0.2, -0.15) is 5.10 Å². The zero-order valence-electron chi connectivity index (χ0n) is 16.5. The Morgan fingerprint density at radius 2 is 2.07 bits per heavy atom. The molecule has 1 aliphatic carbocycles. The zero-order valence-corrected chi connectivity index (χ0v) is 16.5. The van der Waals surface area contributed by atoms with Crippen LogP contribution in [0.4, 0.5) is 0 Å². The van der Waals surface area contributed by atoms with Crippen LogP contribution >= 0.6 is 0 Å². The molecule has 0 radical (unpaired) electrons. The smallest absolute Gasteiger partial charge is 0.274 e. The normalized spacial score (nSPS) is 20.6. The summed E-state index contributed by atoms with van der Waals surface area (Å²) in [6.45, 7) is 2.53. The first-order chi connectivity index (χ1) is 13.1. The monoisotopic (exact) mass is 370 g/mol. The number of aryl methyl sites for hydroxylation is 1. The molecule has 6 heteroatoms. The molecule has 1 unspecified atom stereocenters. The molecular formula is C21H30N4O2. The Labute approximate surface area is 161 Å². The van der Waals surface area contributed by atoms with Crippen LogP contribution in [-0.2, 0) is 26.4 Å². The van der Waals surface area contributed by atoms with Gasteiger partial charge < -0.3 is 9.32 Å². The maximum Gasteiger partial charge on any atom is 0.274 e. The molecule has 146 valence electrons. The van der Waals surface area contributed by atoms with Gasteiger partial charge in [0.1, 0.15) is 5.76 Å². The van der Waals surface area contributed by atoms with E-state index in [0.717, 1.165) is 63.1 Å². The second-order valence-corrected chi connectivity index (χ2v) is 7.99. The lowest BCUT2D eigenvalue weighted by atomic mass is 9.90. The van der Waals surface area contributed by atoms with E-state index in [1.54, 1.807) is 6.26 Å². The first kappa shape index (κ1) is 18.3. The fraction of sp³-hybridized carbons (Fsp3) is 0.619. The Morgan fingerprint density at radius 3 is 2.78 bits per heavy atom. The van der Waals surface area contributed by atoms with E-state index in [1.165, 1.54) is 18.5 Å². The SMILES string of the molecule is CN(Cc1ccco1)C1CCc2c(c(C(=O)N3CCCCCC3)nn2C)C1. The highest BCUT2D eigenvalue weighted by Gasteiger charge is 2.32. The van der Waals surface area contributed by atoms with Crippen LogP contribution in [0.3, 0.4) is 0 Å². The van der Waals surface area contributed by atoms with E-state index >= 15 is 0 Å². The minimum atomic E-state index is 0.128. The van der Waals surface area contributed by atoms with E-state index < -0.39 is 0 Å². The Hall–Kier alpha value is -2.08. The van der Waals surface area contributed by atoms with E-state index in [1.807, 2.05) is 28.8 Å². The molecule has 0 spiro atoms. The number of likely N-dealkylation sites (tertiary alicyclic amines) is 1. The van der Waals surface area contributed by atoms with Crippen molar-refractivity contribution in [2.24, 2.45) is 7.05 Å². The van der Waals surface area contributed by atoms with Crippen molar-refractivity contribution in [2.75, 3.05) is 20.1 Å². The molecule has 1 aliphatic heterocycles. The largest absolute Gasteiger partial charge is 0.468 e. The Kier molecular flexibility index (Phi) is 5.34. The number of aromatic nitrogens is 2. The minimum Gasteiger partial charge on any atom is -0.468 e. The average molecular weight is 370 g/mol.